The lowest BCUT2D eigenvalue weighted by atomic mass is 10.2. The van der Waals surface area contributed by atoms with Gasteiger partial charge in [0.05, 0.1) is 5.75 Å². The van der Waals surface area contributed by atoms with Crippen LogP contribution in [0.4, 0.5) is 0 Å². The molecule has 0 aliphatic rings. The van der Waals surface area contributed by atoms with E-state index in [-0.39, 0.29) is 0 Å². The van der Waals surface area contributed by atoms with Gasteiger partial charge in [0.25, 0.3) is 0 Å². The van der Waals surface area contributed by atoms with Gasteiger partial charge < -0.3 is 9.09 Å². The fraction of sp³-hybridized carbons (Fsp3) is 0.333. The number of rotatable bonds is 6. The van der Waals surface area contributed by atoms with Crippen LogP contribution in [0.25, 0.3) is 11.4 Å². The normalized spacial score (nSPS) is 12.5. The number of benzene rings is 1. The van der Waals surface area contributed by atoms with Crippen LogP contribution in [0.3, 0.4) is 0 Å². The summed E-state index contributed by atoms with van der Waals surface area (Å²) < 4.78 is 7.40. The standard InChI is InChI=1S/C15H16ClN5OS2/c1-3-21-11(8-24-2)18-19-14(21)12(23)15-17-13(20-22-15)9-5-4-6-10(16)7-9/h4-7,12,23H,3,8H2,1-2H3. The lowest BCUT2D eigenvalue weighted by molar-refractivity contribution is 0.380. The van der Waals surface area contributed by atoms with Crippen molar-refractivity contribution < 1.29 is 4.52 Å². The highest BCUT2D eigenvalue weighted by molar-refractivity contribution is 7.97. The SMILES string of the molecule is CCn1c(CSC)nnc1C(S)c1nc(-c2cccc(Cl)c2)no1. The maximum Gasteiger partial charge on any atom is 0.247 e. The van der Waals surface area contributed by atoms with Crippen molar-refractivity contribution in [2.45, 2.75) is 24.5 Å². The Hall–Kier alpha value is -1.51. The third-order valence-electron chi connectivity index (χ3n) is 3.45. The van der Waals surface area contributed by atoms with Crippen LogP contribution in [0.15, 0.2) is 28.8 Å². The molecule has 0 spiro atoms. The van der Waals surface area contributed by atoms with Crippen LogP contribution in [0.5, 0.6) is 0 Å². The van der Waals surface area contributed by atoms with E-state index in [1.807, 2.05) is 29.9 Å². The van der Waals surface area contributed by atoms with Gasteiger partial charge in [-0.1, -0.05) is 28.9 Å². The van der Waals surface area contributed by atoms with Gasteiger partial charge in [0.2, 0.25) is 11.7 Å². The second kappa shape index (κ2) is 7.58. The highest BCUT2D eigenvalue weighted by Gasteiger charge is 2.24. The average molecular weight is 382 g/mol. The van der Waals surface area contributed by atoms with E-state index in [4.69, 9.17) is 16.1 Å². The second-order valence-electron chi connectivity index (χ2n) is 5.02. The molecule has 0 fully saturated rings. The molecule has 2 heterocycles. The summed E-state index contributed by atoms with van der Waals surface area (Å²) in [5.74, 6) is 3.25. The molecule has 0 aliphatic carbocycles. The highest BCUT2D eigenvalue weighted by Crippen LogP contribution is 2.29. The molecule has 1 unspecified atom stereocenters. The minimum absolute atomic E-state index is 0.381. The molecule has 3 aromatic rings. The number of hydrogen-bond donors (Lipinski definition) is 1. The predicted molar refractivity (Wildman–Crippen MR) is 98.5 cm³/mol. The van der Waals surface area contributed by atoms with Gasteiger partial charge >= 0.3 is 0 Å². The molecule has 24 heavy (non-hydrogen) atoms. The molecule has 0 saturated carbocycles. The Kier molecular flexibility index (Phi) is 5.47. The van der Waals surface area contributed by atoms with Crippen LogP contribution < -0.4 is 0 Å². The smallest absolute Gasteiger partial charge is 0.247 e. The Labute approximate surface area is 154 Å². The van der Waals surface area contributed by atoms with Gasteiger partial charge in [0, 0.05) is 17.1 Å². The minimum atomic E-state index is -0.437. The third kappa shape index (κ3) is 3.45. The van der Waals surface area contributed by atoms with Crippen molar-refractivity contribution >= 4 is 36.0 Å². The first-order valence-electron chi connectivity index (χ1n) is 7.32. The van der Waals surface area contributed by atoms with Crippen molar-refractivity contribution in [3.8, 4) is 11.4 Å². The van der Waals surface area contributed by atoms with E-state index in [9.17, 15) is 0 Å². The van der Waals surface area contributed by atoms with Crippen LogP contribution in [0.2, 0.25) is 5.02 Å². The van der Waals surface area contributed by atoms with Gasteiger partial charge in [-0.05, 0) is 25.3 Å². The van der Waals surface area contributed by atoms with Gasteiger partial charge in [0.1, 0.15) is 11.1 Å². The fourth-order valence-corrected chi connectivity index (χ4v) is 3.29. The zero-order chi connectivity index (χ0) is 17.1. The number of hydrogen-bond acceptors (Lipinski definition) is 7. The second-order valence-corrected chi connectivity index (χ2v) is 6.84. The number of aromatic nitrogens is 5. The van der Waals surface area contributed by atoms with Crippen molar-refractivity contribution in [2.24, 2.45) is 0 Å². The summed E-state index contributed by atoms with van der Waals surface area (Å²) in [6.45, 7) is 2.80. The predicted octanol–water partition coefficient (Wildman–Crippen LogP) is 3.88. The van der Waals surface area contributed by atoms with E-state index >= 15 is 0 Å². The van der Waals surface area contributed by atoms with Gasteiger partial charge in [0.15, 0.2) is 5.82 Å². The third-order valence-corrected chi connectivity index (χ3v) is 4.68. The number of thioether (sulfide) groups is 1. The van der Waals surface area contributed by atoms with Crippen molar-refractivity contribution in [2.75, 3.05) is 6.26 Å². The first-order valence-corrected chi connectivity index (χ1v) is 9.61. The molecule has 6 nitrogen and oxygen atoms in total. The fourth-order valence-electron chi connectivity index (χ4n) is 2.33. The molecule has 1 aromatic carbocycles. The topological polar surface area (TPSA) is 69.6 Å². The molecule has 1 atom stereocenters. The van der Waals surface area contributed by atoms with Gasteiger partial charge in [-0.2, -0.15) is 29.4 Å². The largest absolute Gasteiger partial charge is 0.337 e. The summed E-state index contributed by atoms with van der Waals surface area (Å²) in [4.78, 5) is 4.43. The van der Waals surface area contributed by atoms with E-state index in [0.717, 1.165) is 23.7 Å². The van der Waals surface area contributed by atoms with Crippen molar-refractivity contribution in [3.63, 3.8) is 0 Å². The zero-order valence-electron chi connectivity index (χ0n) is 13.2. The molecule has 2 aromatic heterocycles. The summed E-state index contributed by atoms with van der Waals surface area (Å²) in [6, 6.07) is 7.30. The Morgan fingerprint density at radius 2 is 2.21 bits per heavy atom. The average Bonchev–Trinajstić information content (AvgIpc) is 3.21. The lowest BCUT2D eigenvalue weighted by Gasteiger charge is -2.09. The molecule has 0 radical (unpaired) electrons. The van der Waals surface area contributed by atoms with Gasteiger partial charge in [-0.25, -0.2) is 0 Å². The van der Waals surface area contributed by atoms with Crippen molar-refractivity contribution in [1.82, 2.24) is 24.9 Å². The van der Waals surface area contributed by atoms with Crippen LogP contribution in [-0.2, 0) is 12.3 Å². The van der Waals surface area contributed by atoms with Gasteiger partial charge in [-0.15, -0.1) is 10.2 Å². The number of nitrogens with zero attached hydrogens (tertiary/aromatic N) is 5. The Bertz CT molecular complexity index is 835. The molecule has 0 N–H and O–H groups in total. The maximum atomic E-state index is 6.01. The molecule has 0 saturated heterocycles. The molecule has 3 rings (SSSR count). The molecule has 126 valence electrons. The van der Waals surface area contributed by atoms with E-state index in [1.54, 1.807) is 23.9 Å². The van der Waals surface area contributed by atoms with Crippen molar-refractivity contribution in [1.29, 1.82) is 0 Å². The van der Waals surface area contributed by atoms with E-state index < -0.39 is 5.25 Å². The molecular weight excluding hydrogens is 366 g/mol. The monoisotopic (exact) mass is 381 g/mol. The molecular formula is C15H16ClN5OS2. The van der Waals surface area contributed by atoms with E-state index in [2.05, 4.69) is 33.0 Å². The Morgan fingerprint density at radius 1 is 1.38 bits per heavy atom. The summed E-state index contributed by atoms with van der Waals surface area (Å²) >= 11 is 12.3. The van der Waals surface area contributed by atoms with Crippen LogP contribution in [-0.4, -0.2) is 31.2 Å². The first-order chi connectivity index (χ1) is 11.6. The van der Waals surface area contributed by atoms with Crippen LogP contribution in [0.1, 0.15) is 29.7 Å². The lowest BCUT2D eigenvalue weighted by Crippen LogP contribution is -2.08. The first kappa shape index (κ1) is 17.3. The Balaban J connectivity index is 1.90. The van der Waals surface area contributed by atoms with E-state index in [0.29, 0.717) is 22.6 Å². The number of thiol groups is 1. The maximum absolute atomic E-state index is 6.01. The quantitative estimate of drug-likeness (QED) is 0.653. The minimum Gasteiger partial charge on any atom is -0.337 e. The summed E-state index contributed by atoms with van der Waals surface area (Å²) in [5.41, 5.74) is 0.790. The van der Waals surface area contributed by atoms with Crippen molar-refractivity contribution in [3.05, 3.63) is 46.8 Å². The van der Waals surface area contributed by atoms with Gasteiger partial charge in [-0.3, -0.25) is 0 Å². The zero-order valence-corrected chi connectivity index (χ0v) is 15.6. The van der Waals surface area contributed by atoms with E-state index in [1.165, 1.54) is 0 Å². The summed E-state index contributed by atoms with van der Waals surface area (Å²) in [7, 11) is 0. The number of halogens is 1. The molecule has 0 amide bonds. The van der Waals surface area contributed by atoms with Crippen LogP contribution in [0, 0.1) is 0 Å². The molecule has 9 heteroatoms. The Morgan fingerprint density at radius 3 is 2.92 bits per heavy atom. The highest BCUT2D eigenvalue weighted by atomic mass is 35.5. The molecule has 0 aliphatic heterocycles. The molecule has 0 bridgehead atoms. The van der Waals surface area contributed by atoms with Crippen LogP contribution >= 0.6 is 36.0 Å². The summed E-state index contributed by atoms with van der Waals surface area (Å²) in [6.07, 6.45) is 2.03. The summed E-state index contributed by atoms with van der Waals surface area (Å²) in [5, 5.41) is 12.7.